The van der Waals surface area contributed by atoms with Crippen LogP contribution in [0.25, 0.3) is 0 Å². The molecule has 1 aliphatic carbocycles. The van der Waals surface area contributed by atoms with Gasteiger partial charge in [0.15, 0.2) is 0 Å². The van der Waals surface area contributed by atoms with Crippen molar-refractivity contribution in [3.05, 3.63) is 0 Å². The second-order valence-electron chi connectivity index (χ2n) is 2.54. The van der Waals surface area contributed by atoms with Gasteiger partial charge in [0.1, 0.15) is 0 Å². The van der Waals surface area contributed by atoms with Crippen LogP contribution in [0.1, 0.15) is 19.3 Å². The Morgan fingerprint density at radius 1 is 1.44 bits per heavy atom. The van der Waals surface area contributed by atoms with Gasteiger partial charge in [-0.1, -0.05) is 22.4 Å². The van der Waals surface area contributed by atoms with Crippen LogP contribution in [-0.2, 0) is 0 Å². The molecule has 3 heteroatoms. The first-order valence-electron chi connectivity index (χ1n) is 3.25. The summed E-state index contributed by atoms with van der Waals surface area (Å²) in [5.41, 5.74) is 5.74. The second-order valence-corrected chi connectivity index (χ2v) is 4.28. The van der Waals surface area contributed by atoms with E-state index in [1.165, 1.54) is 12.8 Å². The van der Waals surface area contributed by atoms with E-state index in [9.17, 15) is 0 Å². The van der Waals surface area contributed by atoms with E-state index in [2.05, 4.69) is 15.9 Å². The molecule has 0 aliphatic heterocycles. The van der Waals surface area contributed by atoms with E-state index in [0.717, 1.165) is 6.42 Å². The van der Waals surface area contributed by atoms with Crippen LogP contribution >= 0.6 is 27.5 Å². The molecule has 0 amide bonds. The van der Waals surface area contributed by atoms with Crippen molar-refractivity contribution in [1.82, 2.24) is 0 Å². The van der Waals surface area contributed by atoms with Crippen molar-refractivity contribution in [2.75, 3.05) is 0 Å². The van der Waals surface area contributed by atoms with Gasteiger partial charge >= 0.3 is 0 Å². The van der Waals surface area contributed by atoms with Crippen molar-refractivity contribution in [3.63, 3.8) is 0 Å². The van der Waals surface area contributed by atoms with Crippen molar-refractivity contribution in [3.8, 4) is 0 Å². The Kier molecular flexibility index (Phi) is 2.80. The molecule has 2 N–H and O–H groups in total. The maximum atomic E-state index is 5.91. The average molecular weight is 213 g/mol. The minimum Gasteiger partial charge on any atom is -0.325 e. The topological polar surface area (TPSA) is 26.0 Å². The van der Waals surface area contributed by atoms with Gasteiger partial charge in [0.25, 0.3) is 0 Å². The zero-order chi connectivity index (χ0) is 6.85. The fraction of sp³-hybridized carbons (Fsp3) is 1.00. The van der Waals surface area contributed by atoms with Gasteiger partial charge in [0.05, 0.1) is 0 Å². The van der Waals surface area contributed by atoms with Crippen molar-refractivity contribution in [2.24, 2.45) is 5.73 Å². The molecule has 0 aromatic carbocycles. The molecule has 0 spiro atoms. The average Bonchev–Trinajstić information content (AvgIpc) is 1.83. The highest BCUT2D eigenvalue weighted by Gasteiger charge is 2.26. The third-order valence-electron chi connectivity index (χ3n) is 1.80. The third-order valence-corrected chi connectivity index (χ3v) is 3.37. The van der Waals surface area contributed by atoms with Crippen molar-refractivity contribution in [2.45, 2.75) is 35.5 Å². The SMILES string of the molecule is N[C@H]1[C@@H](Cl)CCC[C@@H]1Br. The number of hydrogen-bond donors (Lipinski definition) is 1. The first-order valence-corrected chi connectivity index (χ1v) is 4.61. The zero-order valence-corrected chi connectivity index (χ0v) is 7.53. The van der Waals surface area contributed by atoms with Gasteiger partial charge in [-0.25, -0.2) is 0 Å². The molecule has 0 heterocycles. The summed E-state index contributed by atoms with van der Waals surface area (Å²) in [4.78, 5) is 0.439. The number of halogens is 2. The molecule has 1 fully saturated rings. The van der Waals surface area contributed by atoms with Crippen LogP contribution in [-0.4, -0.2) is 16.2 Å². The molecule has 54 valence electrons. The molecule has 1 saturated carbocycles. The highest BCUT2D eigenvalue weighted by molar-refractivity contribution is 9.09. The third kappa shape index (κ3) is 1.82. The van der Waals surface area contributed by atoms with Gasteiger partial charge < -0.3 is 5.73 Å². The lowest BCUT2D eigenvalue weighted by Crippen LogP contribution is -2.42. The van der Waals surface area contributed by atoms with Crippen LogP contribution in [0, 0.1) is 0 Å². The Balaban J connectivity index is 2.41. The Morgan fingerprint density at radius 3 is 2.56 bits per heavy atom. The molecule has 9 heavy (non-hydrogen) atoms. The minimum atomic E-state index is 0.153. The van der Waals surface area contributed by atoms with Crippen LogP contribution in [0.15, 0.2) is 0 Å². The van der Waals surface area contributed by atoms with E-state index in [4.69, 9.17) is 17.3 Å². The summed E-state index contributed by atoms with van der Waals surface area (Å²) < 4.78 is 0. The predicted molar refractivity (Wildman–Crippen MR) is 44.2 cm³/mol. The van der Waals surface area contributed by atoms with Crippen LogP contribution < -0.4 is 5.73 Å². The maximum Gasteiger partial charge on any atom is 0.0498 e. The second kappa shape index (κ2) is 3.22. The van der Waals surface area contributed by atoms with Gasteiger partial charge in [0, 0.05) is 16.2 Å². The molecule has 1 rings (SSSR count). The Morgan fingerprint density at radius 2 is 2.11 bits per heavy atom. The minimum absolute atomic E-state index is 0.153. The maximum absolute atomic E-state index is 5.91. The predicted octanol–water partition coefficient (Wildman–Crippen LogP) is 1.87. The Hall–Kier alpha value is 0.730. The summed E-state index contributed by atoms with van der Waals surface area (Å²) >= 11 is 9.39. The quantitative estimate of drug-likeness (QED) is 0.610. The largest absolute Gasteiger partial charge is 0.325 e. The number of nitrogens with two attached hydrogens (primary N) is 1. The highest BCUT2D eigenvalue weighted by Crippen LogP contribution is 2.26. The molecule has 0 radical (unpaired) electrons. The van der Waals surface area contributed by atoms with Gasteiger partial charge in [0.2, 0.25) is 0 Å². The highest BCUT2D eigenvalue weighted by atomic mass is 79.9. The summed E-state index contributed by atoms with van der Waals surface area (Å²) in [7, 11) is 0. The lowest BCUT2D eigenvalue weighted by Gasteiger charge is -2.28. The summed E-state index contributed by atoms with van der Waals surface area (Å²) in [6.45, 7) is 0. The van der Waals surface area contributed by atoms with Crippen molar-refractivity contribution < 1.29 is 0 Å². The van der Waals surface area contributed by atoms with E-state index in [1.807, 2.05) is 0 Å². The number of rotatable bonds is 0. The number of hydrogen-bond acceptors (Lipinski definition) is 1. The molecule has 0 aromatic rings. The van der Waals surface area contributed by atoms with Gasteiger partial charge in [-0.15, -0.1) is 11.6 Å². The molecule has 0 bridgehead atoms. The van der Waals surface area contributed by atoms with Crippen LogP contribution in [0.4, 0.5) is 0 Å². The molecule has 1 aliphatic rings. The van der Waals surface area contributed by atoms with Crippen LogP contribution in [0.2, 0.25) is 0 Å². The molecule has 3 atom stereocenters. The van der Waals surface area contributed by atoms with Gasteiger partial charge in [-0.05, 0) is 12.8 Å². The molecular weight excluding hydrogens is 201 g/mol. The van der Waals surface area contributed by atoms with Crippen molar-refractivity contribution in [1.29, 1.82) is 0 Å². The molecule has 0 saturated heterocycles. The summed E-state index contributed by atoms with van der Waals surface area (Å²) in [5.74, 6) is 0. The van der Waals surface area contributed by atoms with Crippen LogP contribution in [0.5, 0.6) is 0 Å². The summed E-state index contributed by atoms with van der Waals surface area (Å²) in [5, 5.41) is 0.183. The van der Waals surface area contributed by atoms with E-state index >= 15 is 0 Å². The Bertz CT molecular complexity index is 89.1. The molecule has 0 unspecified atom stereocenters. The smallest absolute Gasteiger partial charge is 0.0498 e. The lowest BCUT2D eigenvalue weighted by atomic mass is 9.96. The normalized spacial score (nSPS) is 45.0. The molecular formula is C6H11BrClN. The van der Waals surface area contributed by atoms with Crippen molar-refractivity contribution >= 4 is 27.5 Å². The standard InChI is InChI=1S/C6H11BrClN/c7-4-2-1-3-5(8)6(4)9/h4-6H,1-3,9H2/t4-,5-,6+/m0/s1. The molecule has 1 nitrogen and oxygen atoms in total. The summed E-state index contributed by atoms with van der Waals surface area (Å²) in [6.07, 6.45) is 3.45. The van der Waals surface area contributed by atoms with E-state index in [1.54, 1.807) is 0 Å². The molecule has 0 aromatic heterocycles. The fourth-order valence-corrected chi connectivity index (χ4v) is 2.32. The summed E-state index contributed by atoms with van der Waals surface area (Å²) in [6, 6.07) is 0.153. The van der Waals surface area contributed by atoms with Gasteiger partial charge in [-0.2, -0.15) is 0 Å². The first-order chi connectivity index (χ1) is 4.22. The van der Waals surface area contributed by atoms with Crippen LogP contribution in [0.3, 0.4) is 0 Å². The fourth-order valence-electron chi connectivity index (χ4n) is 1.12. The van der Waals surface area contributed by atoms with E-state index in [0.29, 0.717) is 4.83 Å². The van der Waals surface area contributed by atoms with E-state index in [-0.39, 0.29) is 11.4 Å². The monoisotopic (exact) mass is 211 g/mol. The first kappa shape index (κ1) is 7.83. The lowest BCUT2D eigenvalue weighted by molar-refractivity contribution is 0.465. The van der Waals surface area contributed by atoms with E-state index < -0.39 is 0 Å². The number of alkyl halides is 2. The van der Waals surface area contributed by atoms with Gasteiger partial charge in [-0.3, -0.25) is 0 Å². The zero-order valence-electron chi connectivity index (χ0n) is 5.19. The Labute approximate surface area is 69.1 Å².